The van der Waals surface area contributed by atoms with Gasteiger partial charge in [0.15, 0.2) is 11.2 Å². The van der Waals surface area contributed by atoms with E-state index in [0.717, 1.165) is 18.4 Å². The van der Waals surface area contributed by atoms with Crippen molar-refractivity contribution in [3.8, 4) is 6.07 Å². The predicted octanol–water partition coefficient (Wildman–Crippen LogP) is 2.25. The first-order valence-corrected chi connectivity index (χ1v) is 9.66. The van der Waals surface area contributed by atoms with Crippen LogP contribution in [0.15, 0.2) is 22.0 Å². The molecule has 0 bridgehead atoms. The summed E-state index contributed by atoms with van der Waals surface area (Å²) in [5, 5.41) is 13.0. The third-order valence-corrected chi connectivity index (χ3v) is 5.13. The topological polar surface area (TPSA) is 114 Å². The number of aromatic nitrogens is 6. The van der Waals surface area contributed by atoms with E-state index < -0.39 is 5.69 Å². The number of nitrogens with zero attached hydrogens (tertiary/aromatic N) is 6. The fourth-order valence-corrected chi connectivity index (χ4v) is 3.72. The van der Waals surface area contributed by atoms with Gasteiger partial charge in [0.2, 0.25) is 5.28 Å². The molecule has 0 radical (unpaired) electrons. The Balaban J connectivity index is 1.88. The molecule has 148 valence electrons. The van der Waals surface area contributed by atoms with E-state index in [2.05, 4.69) is 15.1 Å². The molecule has 3 rings (SSSR count). The van der Waals surface area contributed by atoms with Crippen LogP contribution in [0.2, 0.25) is 5.28 Å². The summed E-state index contributed by atoms with van der Waals surface area (Å²) in [5.41, 5.74) is 0.626. The van der Waals surface area contributed by atoms with E-state index in [1.807, 2.05) is 19.9 Å². The molecule has 3 heterocycles. The number of fused-ring (bicyclic) bond motifs is 1. The van der Waals surface area contributed by atoms with Crippen LogP contribution in [0.5, 0.6) is 0 Å². The lowest BCUT2D eigenvalue weighted by atomic mass is 10.1. The summed E-state index contributed by atoms with van der Waals surface area (Å²) in [4.78, 5) is 32.2. The maximum Gasteiger partial charge on any atom is 0.330 e. The van der Waals surface area contributed by atoms with Gasteiger partial charge >= 0.3 is 5.69 Å². The fraction of sp³-hybridized carbons (Fsp3) is 0.500. The van der Waals surface area contributed by atoms with Crippen LogP contribution in [0.1, 0.15) is 44.7 Å². The summed E-state index contributed by atoms with van der Waals surface area (Å²) >= 11 is 6.26. The molecule has 3 aromatic heterocycles. The van der Waals surface area contributed by atoms with Crippen molar-refractivity contribution in [2.24, 2.45) is 0 Å². The van der Waals surface area contributed by atoms with Crippen LogP contribution in [-0.4, -0.2) is 28.9 Å². The second-order valence-corrected chi connectivity index (χ2v) is 6.95. The van der Waals surface area contributed by atoms with Gasteiger partial charge < -0.3 is 4.57 Å². The lowest BCUT2D eigenvalue weighted by molar-refractivity contribution is 0.480. The Morgan fingerprint density at radius 2 is 2.07 bits per heavy atom. The van der Waals surface area contributed by atoms with Crippen LogP contribution in [-0.2, 0) is 19.5 Å². The standard InChI is InChI=1S/C18H22ClN7O2/c1-3-13(4-2)26-14-15(22-17(26)19)23-18(28)25(16(14)27)8-5-6-12-10-21-24(11-12)9-7-20/h10-11,13H,3-6,8-9H2,1-2H3,(H,23,28). The Morgan fingerprint density at radius 3 is 2.75 bits per heavy atom. The molecule has 0 aromatic carbocycles. The van der Waals surface area contributed by atoms with Crippen LogP contribution in [0.4, 0.5) is 0 Å². The van der Waals surface area contributed by atoms with E-state index >= 15 is 0 Å². The van der Waals surface area contributed by atoms with Crippen LogP contribution in [0, 0.1) is 11.3 Å². The molecule has 9 nitrogen and oxygen atoms in total. The maximum absolute atomic E-state index is 13.0. The Bertz CT molecular complexity index is 1130. The minimum absolute atomic E-state index is 0.0375. The normalized spacial score (nSPS) is 11.4. The lowest BCUT2D eigenvalue weighted by Crippen LogP contribution is -2.36. The molecule has 0 fully saturated rings. The highest BCUT2D eigenvalue weighted by Gasteiger charge is 2.21. The number of aryl methyl sites for hydroxylation is 1. The predicted molar refractivity (Wildman–Crippen MR) is 105 cm³/mol. The van der Waals surface area contributed by atoms with E-state index in [1.165, 1.54) is 4.57 Å². The van der Waals surface area contributed by atoms with E-state index in [1.54, 1.807) is 21.6 Å². The fourth-order valence-electron chi connectivity index (χ4n) is 3.41. The number of halogens is 1. The Hall–Kier alpha value is -2.86. The molecule has 0 saturated carbocycles. The molecule has 1 N–H and O–H groups in total. The van der Waals surface area contributed by atoms with Crippen LogP contribution < -0.4 is 11.2 Å². The molecule has 3 aromatic rings. The van der Waals surface area contributed by atoms with Gasteiger partial charge in [-0.25, -0.2) is 4.79 Å². The third-order valence-electron chi connectivity index (χ3n) is 4.86. The highest BCUT2D eigenvalue weighted by molar-refractivity contribution is 6.29. The highest BCUT2D eigenvalue weighted by atomic mass is 35.5. The Morgan fingerprint density at radius 1 is 1.32 bits per heavy atom. The van der Waals surface area contributed by atoms with Crippen molar-refractivity contribution in [2.45, 2.75) is 58.7 Å². The number of imidazole rings is 1. The molecule has 0 aliphatic carbocycles. The molecular formula is C18H22ClN7O2. The monoisotopic (exact) mass is 403 g/mol. The lowest BCUT2D eigenvalue weighted by Gasteiger charge is -2.16. The zero-order valence-electron chi connectivity index (χ0n) is 15.9. The van der Waals surface area contributed by atoms with Crippen molar-refractivity contribution in [2.75, 3.05) is 0 Å². The van der Waals surface area contributed by atoms with Gasteiger partial charge in [0, 0.05) is 18.8 Å². The van der Waals surface area contributed by atoms with Crippen LogP contribution in [0.3, 0.4) is 0 Å². The smallest absolute Gasteiger partial charge is 0.306 e. The number of H-pyrrole nitrogens is 1. The second-order valence-electron chi connectivity index (χ2n) is 6.61. The van der Waals surface area contributed by atoms with Gasteiger partial charge in [0.05, 0.1) is 12.3 Å². The molecule has 0 atom stereocenters. The number of nitrogens with one attached hydrogen (secondary N) is 1. The van der Waals surface area contributed by atoms with Gasteiger partial charge in [0.25, 0.3) is 5.56 Å². The zero-order valence-corrected chi connectivity index (χ0v) is 16.6. The van der Waals surface area contributed by atoms with Gasteiger partial charge in [-0.1, -0.05) is 13.8 Å². The van der Waals surface area contributed by atoms with Gasteiger partial charge in [-0.2, -0.15) is 15.3 Å². The first kappa shape index (κ1) is 19.9. The van der Waals surface area contributed by atoms with Crippen molar-refractivity contribution in [1.82, 2.24) is 28.9 Å². The van der Waals surface area contributed by atoms with Gasteiger partial charge in [0.1, 0.15) is 6.54 Å². The van der Waals surface area contributed by atoms with Gasteiger partial charge in [-0.3, -0.25) is 19.0 Å². The summed E-state index contributed by atoms with van der Waals surface area (Å²) in [6.45, 7) is 4.50. The Labute approximate surface area is 166 Å². The molecule has 10 heteroatoms. The van der Waals surface area contributed by atoms with Crippen molar-refractivity contribution >= 4 is 22.8 Å². The first-order valence-electron chi connectivity index (χ1n) is 9.28. The number of aromatic amines is 1. The SMILES string of the molecule is CCC(CC)n1c(Cl)nc2[nH]c(=O)n(CCCc3cnn(CC#N)c3)c(=O)c21. The van der Waals surface area contributed by atoms with E-state index in [9.17, 15) is 9.59 Å². The summed E-state index contributed by atoms with van der Waals surface area (Å²) in [6.07, 6.45) is 6.30. The van der Waals surface area contributed by atoms with Crippen molar-refractivity contribution < 1.29 is 0 Å². The number of rotatable bonds is 8. The van der Waals surface area contributed by atoms with Crippen LogP contribution in [0.25, 0.3) is 11.2 Å². The maximum atomic E-state index is 13.0. The average molecular weight is 404 g/mol. The van der Waals surface area contributed by atoms with Gasteiger partial charge in [-0.15, -0.1) is 0 Å². The van der Waals surface area contributed by atoms with Crippen molar-refractivity contribution in [1.29, 1.82) is 5.26 Å². The minimum atomic E-state index is -0.497. The van der Waals surface area contributed by atoms with E-state index in [0.29, 0.717) is 18.4 Å². The van der Waals surface area contributed by atoms with E-state index in [4.69, 9.17) is 16.9 Å². The number of hydrogen-bond acceptors (Lipinski definition) is 5. The minimum Gasteiger partial charge on any atom is -0.306 e. The van der Waals surface area contributed by atoms with Crippen molar-refractivity contribution in [3.05, 3.63) is 44.1 Å². The third kappa shape index (κ3) is 3.73. The number of nitriles is 1. The molecule has 0 amide bonds. The molecule has 0 spiro atoms. The van der Waals surface area contributed by atoms with Gasteiger partial charge in [-0.05, 0) is 42.8 Å². The first-order chi connectivity index (χ1) is 13.5. The summed E-state index contributed by atoms with van der Waals surface area (Å²) < 4.78 is 4.47. The number of hydrogen-bond donors (Lipinski definition) is 1. The summed E-state index contributed by atoms with van der Waals surface area (Å²) in [6, 6.07) is 2.07. The Kier molecular flexibility index (Phi) is 5.99. The quantitative estimate of drug-likeness (QED) is 0.579. The van der Waals surface area contributed by atoms with E-state index in [-0.39, 0.29) is 35.6 Å². The summed E-state index contributed by atoms with van der Waals surface area (Å²) in [5.74, 6) is 0. The highest BCUT2D eigenvalue weighted by Crippen LogP contribution is 2.25. The molecule has 0 aliphatic rings. The average Bonchev–Trinajstić information content (AvgIpc) is 3.24. The molecule has 0 aliphatic heterocycles. The molecule has 0 unspecified atom stereocenters. The molecule has 28 heavy (non-hydrogen) atoms. The summed E-state index contributed by atoms with van der Waals surface area (Å²) in [7, 11) is 0. The molecular weight excluding hydrogens is 382 g/mol. The van der Waals surface area contributed by atoms with Crippen molar-refractivity contribution in [3.63, 3.8) is 0 Å². The zero-order chi connectivity index (χ0) is 20.3. The second kappa shape index (κ2) is 8.44. The largest absolute Gasteiger partial charge is 0.330 e. The molecule has 0 saturated heterocycles. The van der Waals surface area contributed by atoms with Crippen LogP contribution >= 0.6 is 11.6 Å².